The van der Waals surface area contributed by atoms with Gasteiger partial charge in [-0.15, -0.1) is 0 Å². The molecule has 3 rings (SSSR count). The van der Waals surface area contributed by atoms with Gasteiger partial charge < -0.3 is 10.6 Å². The lowest BCUT2D eigenvalue weighted by molar-refractivity contribution is -0.115. The number of carbonyl (C=O) groups is 1. The maximum Gasteiger partial charge on any atom is 0.228 e. The zero-order valence-corrected chi connectivity index (χ0v) is 12.4. The van der Waals surface area contributed by atoms with Crippen molar-refractivity contribution in [2.45, 2.75) is 19.4 Å². The van der Waals surface area contributed by atoms with E-state index in [4.69, 9.17) is 11.6 Å². The highest BCUT2D eigenvalue weighted by Crippen LogP contribution is 2.23. The van der Waals surface area contributed by atoms with Gasteiger partial charge in [0.15, 0.2) is 0 Å². The Kier molecular flexibility index (Phi) is 4.23. The maximum atomic E-state index is 12.2. The summed E-state index contributed by atoms with van der Waals surface area (Å²) in [5, 5.41) is 7.02. The molecule has 2 N–H and O–H groups in total. The quantitative estimate of drug-likeness (QED) is 0.914. The molecule has 0 bridgehead atoms. The molecule has 3 nitrogen and oxygen atoms in total. The minimum Gasteiger partial charge on any atom is -0.326 e. The van der Waals surface area contributed by atoms with Crippen LogP contribution in [0.3, 0.4) is 0 Å². The Morgan fingerprint density at radius 2 is 2.10 bits per heavy atom. The highest BCUT2D eigenvalue weighted by molar-refractivity contribution is 6.30. The van der Waals surface area contributed by atoms with Crippen molar-refractivity contribution >= 4 is 23.2 Å². The second-order valence-corrected chi connectivity index (χ2v) is 5.66. The fraction of sp³-hybridized carbons (Fsp3) is 0.235. The molecule has 0 atom stereocenters. The number of fused-ring (bicyclic) bond motifs is 1. The average molecular weight is 301 g/mol. The van der Waals surface area contributed by atoms with Gasteiger partial charge >= 0.3 is 0 Å². The lowest BCUT2D eigenvalue weighted by atomic mass is 9.99. The fourth-order valence-electron chi connectivity index (χ4n) is 2.68. The van der Waals surface area contributed by atoms with Crippen molar-refractivity contribution < 1.29 is 4.79 Å². The van der Waals surface area contributed by atoms with Gasteiger partial charge in [-0.2, -0.15) is 0 Å². The number of amides is 1. The minimum absolute atomic E-state index is 0.0100. The van der Waals surface area contributed by atoms with Crippen molar-refractivity contribution in [1.29, 1.82) is 0 Å². The lowest BCUT2D eigenvalue weighted by Gasteiger charge is -2.20. The third-order valence-corrected chi connectivity index (χ3v) is 3.90. The molecule has 108 valence electrons. The van der Waals surface area contributed by atoms with Crippen molar-refractivity contribution in [3.8, 4) is 0 Å². The normalized spacial score (nSPS) is 13.6. The fourth-order valence-corrected chi connectivity index (χ4v) is 2.89. The number of anilines is 1. The smallest absolute Gasteiger partial charge is 0.228 e. The molecule has 0 spiro atoms. The molecule has 0 fully saturated rings. The van der Waals surface area contributed by atoms with Crippen LogP contribution in [0, 0.1) is 0 Å². The molecule has 0 saturated heterocycles. The Labute approximate surface area is 129 Å². The number of hydrogen-bond acceptors (Lipinski definition) is 2. The van der Waals surface area contributed by atoms with Crippen molar-refractivity contribution in [2.75, 3.05) is 11.9 Å². The van der Waals surface area contributed by atoms with E-state index in [0.717, 1.165) is 30.8 Å². The van der Waals surface area contributed by atoms with Crippen molar-refractivity contribution in [3.63, 3.8) is 0 Å². The molecule has 0 unspecified atom stereocenters. The minimum atomic E-state index is -0.0100. The van der Waals surface area contributed by atoms with E-state index in [0.29, 0.717) is 11.4 Å². The van der Waals surface area contributed by atoms with Gasteiger partial charge in [0, 0.05) is 17.3 Å². The van der Waals surface area contributed by atoms with Gasteiger partial charge in [0.1, 0.15) is 0 Å². The van der Waals surface area contributed by atoms with Gasteiger partial charge in [0.25, 0.3) is 0 Å². The van der Waals surface area contributed by atoms with Crippen LogP contribution in [0.25, 0.3) is 0 Å². The summed E-state index contributed by atoms with van der Waals surface area (Å²) in [6.45, 7) is 1.82. The van der Waals surface area contributed by atoms with Crippen LogP contribution in [0.5, 0.6) is 0 Å². The third-order valence-electron chi connectivity index (χ3n) is 3.67. The van der Waals surface area contributed by atoms with Crippen LogP contribution < -0.4 is 10.6 Å². The molecular weight excluding hydrogens is 284 g/mol. The molecular formula is C17H17ClN2O. The van der Waals surface area contributed by atoms with Gasteiger partial charge in [-0.3, -0.25) is 4.79 Å². The zero-order valence-electron chi connectivity index (χ0n) is 11.7. The van der Waals surface area contributed by atoms with Gasteiger partial charge in [0.2, 0.25) is 5.91 Å². The first-order valence-corrected chi connectivity index (χ1v) is 7.46. The average Bonchev–Trinajstić information content (AvgIpc) is 2.47. The van der Waals surface area contributed by atoms with E-state index in [2.05, 4.69) is 16.7 Å². The highest BCUT2D eigenvalue weighted by atomic mass is 35.5. The molecule has 21 heavy (non-hydrogen) atoms. The van der Waals surface area contributed by atoms with Crippen LogP contribution >= 0.6 is 11.6 Å². The van der Waals surface area contributed by atoms with Crippen LogP contribution in [-0.2, 0) is 24.2 Å². The Morgan fingerprint density at radius 3 is 2.95 bits per heavy atom. The van der Waals surface area contributed by atoms with Crippen molar-refractivity contribution in [2.24, 2.45) is 0 Å². The number of benzene rings is 2. The first kappa shape index (κ1) is 14.1. The molecule has 0 saturated carbocycles. The molecule has 1 amide bonds. The van der Waals surface area contributed by atoms with Crippen molar-refractivity contribution in [1.82, 2.24) is 5.32 Å². The number of rotatable bonds is 3. The van der Waals surface area contributed by atoms with Crippen LogP contribution in [0.4, 0.5) is 5.69 Å². The monoisotopic (exact) mass is 300 g/mol. The lowest BCUT2D eigenvalue weighted by Crippen LogP contribution is -2.25. The molecule has 1 heterocycles. The standard InChI is InChI=1S/C17H17ClN2O/c18-14-5-1-3-12(9-14)10-17(21)20-16-6-2-4-13-11-19-8-7-15(13)16/h1-6,9,19H,7-8,10-11H2,(H,20,21). The summed E-state index contributed by atoms with van der Waals surface area (Å²) in [5.41, 5.74) is 4.37. The summed E-state index contributed by atoms with van der Waals surface area (Å²) in [7, 11) is 0. The molecule has 1 aliphatic heterocycles. The second-order valence-electron chi connectivity index (χ2n) is 5.22. The maximum absolute atomic E-state index is 12.2. The number of hydrogen-bond donors (Lipinski definition) is 2. The summed E-state index contributed by atoms with van der Waals surface area (Å²) < 4.78 is 0. The highest BCUT2D eigenvalue weighted by Gasteiger charge is 2.14. The summed E-state index contributed by atoms with van der Waals surface area (Å²) in [4.78, 5) is 12.2. The molecule has 2 aromatic carbocycles. The Hall–Kier alpha value is -1.84. The van der Waals surface area contributed by atoms with Gasteiger partial charge in [0.05, 0.1) is 6.42 Å². The van der Waals surface area contributed by atoms with E-state index in [9.17, 15) is 4.79 Å². The Bertz CT molecular complexity index is 670. The predicted molar refractivity (Wildman–Crippen MR) is 85.6 cm³/mol. The van der Waals surface area contributed by atoms with Gasteiger partial charge in [-0.25, -0.2) is 0 Å². The van der Waals surface area contributed by atoms with E-state index in [-0.39, 0.29) is 5.91 Å². The van der Waals surface area contributed by atoms with E-state index < -0.39 is 0 Å². The number of carbonyl (C=O) groups excluding carboxylic acids is 1. The van der Waals surface area contributed by atoms with Crippen molar-refractivity contribution in [3.05, 3.63) is 64.2 Å². The molecule has 0 radical (unpaired) electrons. The molecule has 1 aliphatic rings. The van der Waals surface area contributed by atoms with Crippen LogP contribution in [-0.4, -0.2) is 12.5 Å². The Morgan fingerprint density at radius 1 is 1.24 bits per heavy atom. The molecule has 2 aromatic rings. The van der Waals surface area contributed by atoms with Gasteiger partial charge in [-0.1, -0.05) is 35.9 Å². The van der Waals surface area contributed by atoms with E-state index in [1.807, 2.05) is 36.4 Å². The molecule has 0 aliphatic carbocycles. The SMILES string of the molecule is O=C(Cc1cccc(Cl)c1)Nc1cccc2c1CCNC2. The summed E-state index contributed by atoms with van der Waals surface area (Å²) in [5.74, 6) is -0.0100. The largest absolute Gasteiger partial charge is 0.326 e. The topological polar surface area (TPSA) is 41.1 Å². The first-order chi connectivity index (χ1) is 10.2. The van der Waals surface area contributed by atoms with E-state index in [1.165, 1.54) is 11.1 Å². The Balaban J connectivity index is 1.73. The van der Waals surface area contributed by atoms with Crippen LogP contribution in [0.2, 0.25) is 5.02 Å². The summed E-state index contributed by atoms with van der Waals surface area (Å²) >= 11 is 5.94. The van der Waals surface area contributed by atoms with Gasteiger partial charge in [-0.05, 0) is 47.9 Å². The summed E-state index contributed by atoms with van der Waals surface area (Å²) in [6, 6.07) is 13.5. The third kappa shape index (κ3) is 3.43. The zero-order chi connectivity index (χ0) is 14.7. The first-order valence-electron chi connectivity index (χ1n) is 7.08. The molecule has 0 aromatic heterocycles. The predicted octanol–water partition coefficient (Wildman–Crippen LogP) is 3.17. The van der Waals surface area contributed by atoms with Crippen LogP contribution in [0.15, 0.2) is 42.5 Å². The second kappa shape index (κ2) is 6.29. The number of halogens is 1. The molecule has 4 heteroatoms. The van der Waals surface area contributed by atoms with Crippen LogP contribution in [0.1, 0.15) is 16.7 Å². The van der Waals surface area contributed by atoms with E-state index in [1.54, 1.807) is 0 Å². The number of nitrogens with one attached hydrogen (secondary N) is 2. The summed E-state index contributed by atoms with van der Waals surface area (Å²) in [6.07, 6.45) is 1.28. The van der Waals surface area contributed by atoms with E-state index >= 15 is 0 Å².